The molecule has 0 saturated carbocycles. The Labute approximate surface area is 78.4 Å². The van der Waals surface area contributed by atoms with Crippen molar-refractivity contribution in [1.82, 2.24) is 0 Å². The lowest BCUT2D eigenvalue weighted by molar-refractivity contribution is -0.123. The number of carbonyl (C=O) groups excluding carboxylic acids is 1. The van der Waals surface area contributed by atoms with Crippen LogP contribution in [0.25, 0.3) is 0 Å². The number of rotatable bonds is 5. The Hall–Kier alpha value is -0.450. The molecule has 0 spiro atoms. The van der Waals surface area contributed by atoms with E-state index in [1.165, 1.54) is 0 Å². The third-order valence-corrected chi connectivity index (χ3v) is 2.23. The third kappa shape index (κ3) is 3.42. The van der Waals surface area contributed by atoms with Crippen LogP contribution in [-0.2, 0) is 14.3 Å². The van der Waals surface area contributed by atoms with Gasteiger partial charge in [-0.2, -0.15) is 0 Å². The van der Waals surface area contributed by atoms with Gasteiger partial charge in [0.15, 0.2) is 0 Å². The quantitative estimate of drug-likeness (QED) is 0.656. The molecular weight excluding hydrogens is 170 g/mol. The van der Waals surface area contributed by atoms with Crippen LogP contribution in [0.15, 0.2) is 0 Å². The maximum absolute atomic E-state index is 11.5. The molecule has 2 N–H and O–H groups in total. The van der Waals surface area contributed by atoms with Crippen molar-refractivity contribution >= 4 is 5.78 Å². The summed E-state index contributed by atoms with van der Waals surface area (Å²) in [6.45, 7) is 1.72. The Morgan fingerprint density at radius 3 is 3.08 bits per heavy atom. The van der Waals surface area contributed by atoms with Crippen molar-refractivity contribution in [2.24, 2.45) is 11.7 Å². The Kier molecular flexibility index (Phi) is 4.35. The molecule has 0 aromatic heterocycles. The highest BCUT2D eigenvalue weighted by Gasteiger charge is 2.24. The van der Waals surface area contributed by atoms with Crippen LogP contribution in [0.2, 0.25) is 0 Å². The van der Waals surface area contributed by atoms with E-state index in [4.69, 9.17) is 15.2 Å². The molecule has 13 heavy (non-hydrogen) atoms. The number of ketones is 1. The molecule has 1 heterocycles. The topological polar surface area (TPSA) is 61.5 Å². The highest BCUT2D eigenvalue weighted by molar-refractivity contribution is 5.81. The van der Waals surface area contributed by atoms with Crippen LogP contribution in [0, 0.1) is 5.92 Å². The van der Waals surface area contributed by atoms with Crippen molar-refractivity contribution in [2.45, 2.75) is 18.9 Å². The molecule has 4 heteroatoms. The first-order chi connectivity index (χ1) is 6.24. The van der Waals surface area contributed by atoms with Crippen molar-refractivity contribution in [1.29, 1.82) is 0 Å². The lowest BCUT2D eigenvalue weighted by Crippen LogP contribution is -2.31. The van der Waals surface area contributed by atoms with Crippen LogP contribution in [0.4, 0.5) is 0 Å². The number of ether oxygens (including phenoxy) is 2. The molecule has 1 rings (SSSR count). The van der Waals surface area contributed by atoms with Crippen molar-refractivity contribution in [3.8, 4) is 0 Å². The summed E-state index contributed by atoms with van der Waals surface area (Å²) in [7, 11) is 1.59. The predicted octanol–water partition coefficient (Wildman–Crippen LogP) is -0.0442. The zero-order chi connectivity index (χ0) is 9.68. The van der Waals surface area contributed by atoms with Crippen molar-refractivity contribution in [3.05, 3.63) is 0 Å². The average molecular weight is 187 g/mol. The molecule has 4 nitrogen and oxygen atoms in total. The standard InChI is InChI=1S/C9H17NO3/c1-12-6-8(10)4-9(11)7-2-3-13-5-7/h7-8H,2-6,10H2,1H3. The molecule has 1 aliphatic heterocycles. The van der Waals surface area contributed by atoms with E-state index in [9.17, 15) is 4.79 Å². The number of hydrogen-bond donors (Lipinski definition) is 1. The van der Waals surface area contributed by atoms with Gasteiger partial charge in [-0.1, -0.05) is 0 Å². The van der Waals surface area contributed by atoms with Crippen LogP contribution in [0.3, 0.4) is 0 Å². The summed E-state index contributed by atoms with van der Waals surface area (Å²) in [6, 6.07) is -0.168. The summed E-state index contributed by atoms with van der Waals surface area (Å²) < 4.78 is 9.99. The van der Waals surface area contributed by atoms with Crippen LogP contribution in [-0.4, -0.2) is 38.8 Å². The first-order valence-corrected chi connectivity index (χ1v) is 4.59. The van der Waals surface area contributed by atoms with Crippen molar-refractivity contribution in [3.63, 3.8) is 0 Å². The fourth-order valence-corrected chi connectivity index (χ4v) is 1.49. The summed E-state index contributed by atoms with van der Waals surface area (Å²) in [6.07, 6.45) is 1.25. The summed E-state index contributed by atoms with van der Waals surface area (Å²) in [5.41, 5.74) is 5.67. The summed E-state index contributed by atoms with van der Waals surface area (Å²) in [5, 5.41) is 0. The number of hydrogen-bond acceptors (Lipinski definition) is 4. The molecule has 2 unspecified atom stereocenters. The second-order valence-corrected chi connectivity index (χ2v) is 3.45. The molecule has 2 atom stereocenters. The number of nitrogens with two attached hydrogens (primary N) is 1. The fraction of sp³-hybridized carbons (Fsp3) is 0.889. The summed E-state index contributed by atoms with van der Waals surface area (Å²) in [4.78, 5) is 11.5. The van der Waals surface area contributed by atoms with Crippen LogP contribution >= 0.6 is 0 Å². The molecule has 0 aliphatic carbocycles. The monoisotopic (exact) mass is 187 g/mol. The van der Waals surface area contributed by atoms with E-state index >= 15 is 0 Å². The van der Waals surface area contributed by atoms with Crippen LogP contribution in [0.5, 0.6) is 0 Å². The van der Waals surface area contributed by atoms with Gasteiger partial charge in [0.2, 0.25) is 0 Å². The Bertz CT molecular complexity index is 166. The van der Waals surface area contributed by atoms with E-state index in [1.807, 2.05) is 0 Å². The zero-order valence-corrected chi connectivity index (χ0v) is 7.99. The van der Waals surface area contributed by atoms with Gasteiger partial charge in [0.25, 0.3) is 0 Å². The molecular formula is C9H17NO3. The Morgan fingerprint density at radius 2 is 2.54 bits per heavy atom. The number of carbonyl (C=O) groups is 1. The summed E-state index contributed by atoms with van der Waals surface area (Å²) >= 11 is 0. The van der Waals surface area contributed by atoms with Gasteiger partial charge in [0.1, 0.15) is 5.78 Å². The van der Waals surface area contributed by atoms with E-state index in [-0.39, 0.29) is 17.7 Å². The average Bonchev–Trinajstić information content (AvgIpc) is 2.55. The van der Waals surface area contributed by atoms with Gasteiger partial charge in [-0.3, -0.25) is 4.79 Å². The van der Waals surface area contributed by atoms with Crippen LogP contribution in [0.1, 0.15) is 12.8 Å². The Balaban J connectivity index is 2.23. The van der Waals surface area contributed by atoms with Gasteiger partial charge in [-0.05, 0) is 6.42 Å². The second-order valence-electron chi connectivity index (χ2n) is 3.45. The maximum atomic E-state index is 11.5. The molecule has 1 saturated heterocycles. The van der Waals surface area contributed by atoms with E-state index in [0.29, 0.717) is 26.2 Å². The van der Waals surface area contributed by atoms with Crippen LogP contribution < -0.4 is 5.73 Å². The number of methoxy groups -OCH3 is 1. The third-order valence-electron chi connectivity index (χ3n) is 2.23. The largest absolute Gasteiger partial charge is 0.383 e. The zero-order valence-electron chi connectivity index (χ0n) is 7.99. The highest BCUT2D eigenvalue weighted by Crippen LogP contribution is 2.15. The molecule has 0 radical (unpaired) electrons. The molecule has 0 aromatic rings. The smallest absolute Gasteiger partial charge is 0.139 e. The van der Waals surface area contributed by atoms with Gasteiger partial charge in [-0.15, -0.1) is 0 Å². The van der Waals surface area contributed by atoms with Gasteiger partial charge in [-0.25, -0.2) is 0 Å². The van der Waals surface area contributed by atoms with Crippen molar-refractivity contribution in [2.75, 3.05) is 26.9 Å². The van der Waals surface area contributed by atoms with E-state index in [1.54, 1.807) is 7.11 Å². The predicted molar refractivity (Wildman–Crippen MR) is 48.4 cm³/mol. The fourth-order valence-electron chi connectivity index (χ4n) is 1.49. The van der Waals surface area contributed by atoms with Gasteiger partial charge in [0, 0.05) is 32.1 Å². The highest BCUT2D eigenvalue weighted by atomic mass is 16.5. The molecule has 0 aromatic carbocycles. The normalized spacial score (nSPS) is 24.6. The maximum Gasteiger partial charge on any atom is 0.139 e. The minimum Gasteiger partial charge on any atom is -0.383 e. The SMILES string of the molecule is COCC(N)CC(=O)C1CCOC1. The second kappa shape index (κ2) is 5.32. The summed E-state index contributed by atoms with van der Waals surface area (Å²) in [5.74, 6) is 0.282. The molecule has 76 valence electrons. The minimum atomic E-state index is -0.168. The molecule has 0 bridgehead atoms. The van der Waals surface area contributed by atoms with E-state index < -0.39 is 0 Å². The van der Waals surface area contributed by atoms with Crippen molar-refractivity contribution < 1.29 is 14.3 Å². The minimum absolute atomic E-state index is 0.0721. The Morgan fingerprint density at radius 1 is 1.77 bits per heavy atom. The van der Waals surface area contributed by atoms with E-state index in [0.717, 1.165) is 6.42 Å². The van der Waals surface area contributed by atoms with E-state index in [2.05, 4.69) is 0 Å². The van der Waals surface area contributed by atoms with Gasteiger partial charge < -0.3 is 15.2 Å². The first-order valence-electron chi connectivity index (χ1n) is 4.59. The lowest BCUT2D eigenvalue weighted by Gasteiger charge is -2.11. The molecule has 0 amide bonds. The van der Waals surface area contributed by atoms with Gasteiger partial charge >= 0.3 is 0 Å². The van der Waals surface area contributed by atoms with Gasteiger partial charge in [0.05, 0.1) is 13.2 Å². The molecule has 1 fully saturated rings. The number of Topliss-reactive ketones (excluding diaryl/α,β-unsaturated/α-hetero) is 1. The lowest BCUT2D eigenvalue weighted by atomic mass is 9.98. The molecule has 1 aliphatic rings. The first kappa shape index (κ1) is 10.6.